The van der Waals surface area contributed by atoms with Crippen LogP contribution in [0.3, 0.4) is 0 Å². The maximum atomic E-state index is 11.6. The lowest BCUT2D eigenvalue weighted by Crippen LogP contribution is -1.96. The Morgan fingerprint density at radius 3 is 2.17 bits per heavy atom. The van der Waals surface area contributed by atoms with Crippen molar-refractivity contribution in [1.82, 2.24) is 0 Å². The molecule has 1 unspecified atom stereocenters. The van der Waals surface area contributed by atoms with Gasteiger partial charge in [-0.2, -0.15) is 0 Å². The first-order valence-corrected chi connectivity index (χ1v) is 10.3. The van der Waals surface area contributed by atoms with Crippen molar-refractivity contribution in [3.8, 4) is 17.2 Å². The molecule has 2 rings (SSSR count). The van der Waals surface area contributed by atoms with E-state index in [9.17, 15) is 14.6 Å². The Bertz CT molecular complexity index is 767. The molecule has 0 aliphatic heterocycles. The van der Waals surface area contributed by atoms with E-state index < -0.39 is 7.37 Å². The standard InChI is InChI=1S/C19H25O4P/c1-12(2)16-6-7-18(17(20)10-16)23-19-13(3)8-15(9-14(19)4)11-24(5,21)22/h6-10,12,20H,11H2,1-5H3,(H,21,22). The van der Waals surface area contributed by atoms with Crippen molar-refractivity contribution in [2.45, 2.75) is 39.8 Å². The first kappa shape index (κ1) is 18.6. The fourth-order valence-electron chi connectivity index (χ4n) is 2.72. The molecule has 2 aromatic carbocycles. The van der Waals surface area contributed by atoms with Gasteiger partial charge in [-0.15, -0.1) is 0 Å². The van der Waals surface area contributed by atoms with Crippen LogP contribution in [0.4, 0.5) is 0 Å². The van der Waals surface area contributed by atoms with Gasteiger partial charge in [0.15, 0.2) is 11.5 Å². The predicted molar refractivity (Wildman–Crippen MR) is 97.6 cm³/mol. The highest BCUT2D eigenvalue weighted by atomic mass is 31.2. The van der Waals surface area contributed by atoms with Crippen molar-refractivity contribution < 1.29 is 19.3 Å². The molecule has 0 fully saturated rings. The summed E-state index contributed by atoms with van der Waals surface area (Å²) in [5.41, 5.74) is 3.59. The highest BCUT2D eigenvalue weighted by Gasteiger charge is 2.15. The highest BCUT2D eigenvalue weighted by molar-refractivity contribution is 7.56. The molecule has 0 radical (unpaired) electrons. The Kier molecular flexibility index (Phi) is 5.42. The average Bonchev–Trinajstić information content (AvgIpc) is 2.42. The minimum absolute atomic E-state index is 0.109. The molecule has 5 heteroatoms. The Labute approximate surface area is 143 Å². The van der Waals surface area contributed by atoms with Gasteiger partial charge in [-0.25, -0.2) is 0 Å². The van der Waals surface area contributed by atoms with Gasteiger partial charge in [0.2, 0.25) is 7.37 Å². The molecule has 0 heterocycles. The number of aromatic hydroxyl groups is 1. The summed E-state index contributed by atoms with van der Waals surface area (Å²) in [7, 11) is -3.11. The van der Waals surface area contributed by atoms with E-state index in [0.29, 0.717) is 17.4 Å². The number of phenols is 1. The van der Waals surface area contributed by atoms with Crippen molar-refractivity contribution in [3.05, 3.63) is 52.6 Å². The van der Waals surface area contributed by atoms with Crippen molar-refractivity contribution in [1.29, 1.82) is 0 Å². The zero-order valence-corrected chi connectivity index (χ0v) is 15.7. The second-order valence-corrected chi connectivity index (χ2v) is 9.17. The second kappa shape index (κ2) is 7.00. The molecule has 24 heavy (non-hydrogen) atoms. The van der Waals surface area contributed by atoms with Crippen LogP contribution in [0, 0.1) is 13.8 Å². The van der Waals surface area contributed by atoms with E-state index in [1.807, 2.05) is 32.0 Å². The second-order valence-electron chi connectivity index (χ2n) is 6.75. The van der Waals surface area contributed by atoms with Gasteiger partial charge in [-0.1, -0.05) is 32.0 Å². The molecule has 2 N–H and O–H groups in total. The normalized spacial score (nSPS) is 13.8. The first-order valence-electron chi connectivity index (χ1n) is 7.97. The minimum atomic E-state index is -3.11. The Morgan fingerprint density at radius 1 is 1.12 bits per heavy atom. The number of phenolic OH excluding ortho intramolecular Hbond substituents is 1. The summed E-state index contributed by atoms with van der Waals surface area (Å²) < 4.78 is 17.5. The molecular weight excluding hydrogens is 323 g/mol. The number of hydrogen-bond donors (Lipinski definition) is 2. The zero-order valence-electron chi connectivity index (χ0n) is 14.8. The molecule has 0 aliphatic rings. The molecule has 0 bridgehead atoms. The number of ether oxygens (including phenoxy) is 1. The largest absolute Gasteiger partial charge is 0.504 e. The lowest BCUT2D eigenvalue weighted by molar-refractivity contribution is 0.407. The number of aryl methyl sites for hydroxylation is 2. The molecule has 1 atom stereocenters. The summed E-state index contributed by atoms with van der Waals surface area (Å²) >= 11 is 0. The van der Waals surface area contributed by atoms with Crippen LogP contribution in [0.2, 0.25) is 0 Å². The Hall–Kier alpha value is -1.77. The van der Waals surface area contributed by atoms with E-state index in [4.69, 9.17) is 4.74 Å². The minimum Gasteiger partial charge on any atom is -0.504 e. The Balaban J connectivity index is 2.32. The number of rotatable bonds is 5. The van der Waals surface area contributed by atoms with E-state index in [-0.39, 0.29) is 11.9 Å². The van der Waals surface area contributed by atoms with Crippen LogP contribution in [0.5, 0.6) is 17.2 Å². The Morgan fingerprint density at radius 2 is 1.71 bits per heavy atom. The van der Waals surface area contributed by atoms with E-state index in [2.05, 4.69) is 13.8 Å². The summed E-state index contributed by atoms with van der Waals surface area (Å²) in [6.07, 6.45) is 0.142. The molecule has 0 amide bonds. The third-order valence-corrected chi connectivity index (χ3v) is 4.81. The van der Waals surface area contributed by atoms with Crippen LogP contribution in [-0.4, -0.2) is 16.7 Å². The maximum Gasteiger partial charge on any atom is 0.201 e. The molecule has 0 aromatic heterocycles. The average molecular weight is 348 g/mol. The SMILES string of the molecule is Cc1cc(CP(C)(=O)O)cc(C)c1Oc1ccc(C(C)C)cc1O. The van der Waals surface area contributed by atoms with Gasteiger partial charge in [-0.3, -0.25) is 4.57 Å². The third kappa shape index (κ3) is 4.62. The quantitative estimate of drug-likeness (QED) is 0.717. The fourth-order valence-corrected chi connectivity index (χ4v) is 3.58. The van der Waals surface area contributed by atoms with Gasteiger partial charge in [0.05, 0.1) is 0 Å². The molecule has 130 valence electrons. The number of hydrogen-bond acceptors (Lipinski definition) is 3. The van der Waals surface area contributed by atoms with Crippen LogP contribution < -0.4 is 4.74 Å². The van der Waals surface area contributed by atoms with Crippen molar-refractivity contribution in [3.63, 3.8) is 0 Å². The summed E-state index contributed by atoms with van der Waals surface area (Å²) in [5, 5.41) is 10.2. The van der Waals surface area contributed by atoms with Crippen molar-refractivity contribution in [2.75, 3.05) is 6.66 Å². The van der Waals surface area contributed by atoms with Gasteiger partial charge in [0.1, 0.15) is 5.75 Å². The molecular formula is C19H25O4P. The third-order valence-electron chi connectivity index (χ3n) is 3.86. The van der Waals surface area contributed by atoms with Crippen LogP contribution in [0.1, 0.15) is 42.0 Å². The van der Waals surface area contributed by atoms with Gasteiger partial charge in [-0.05, 0) is 54.2 Å². The summed E-state index contributed by atoms with van der Waals surface area (Å²) in [6.45, 7) is 9.27. The van der Waals surface area contributed by atoms with Crippen molar-refractivity contribution >= 4 is 7.37 Å². The van der Waals surface area contributed by atoms with Crippen molar-refractivity contribution in [2.24, 2.45) is 0 Å². The summed E-state index contributed by atoms with van der Waals surface area (Å²) in [5.74, 6) is 1.50. The topological polar surface area (TPSA) is 66.8 Å². The molecule has 0 saturated heterocycles. The van der Waals surface area contributed by atoms with E-state index in [0.717, 1.165) is 22.3 Å². The van der Waals surface area contributed by atoms with Crippen LogP contribution >= 0.6 is 7.37 Å². The fraction of sp³-hybridized carbons (Fsp3) is 0.368. The van der Waals surface area contributed by atoms with E-state index in [1.54, 1.807) is 12.1 Å². The van der Waals surface area contributed by atoms with Gasteiger partial charge >= 0.3 is 0 Å². The lowest BCUT2D eigenvalue weighted by atomic mass is 10.0. The molecule has 4 nitrogen and oxygen atoms in total. The van der Waals surface area contributed by atoms with Gasteiger partial charge in [0, 0.05) is 12.8 Å². The first-order chi connectivity index (χ1) is 11.1. The molecule has 0 saturated carbocycles. The predicted octanol–water partition coefficient (Wildman–Crippen LogP) is 5.32. The van der Waals surface area contributed by atoms with Gasteiger partial charge in [0.25, 0.3) is 0 Å². The molecule has 0 spiro atoms. The van der Waals surface area contributed by atoms with E-state index in [1.165, 1.54) is 6.66 Å². The summed E-state index contributed by atoms with van der Waals surface area (Å²) in [6, 6.07) is 9.14. The number of benzene rings is 2. The van der Waals surface area contributed by atoms with E-state index >= 15 is 0 Å². The van der Waals surface area contributed by atoms with Crippen LogP contribution in [0.25, 0.3) is 0 Å². The van der Waals surface area contributed by atoms with Crippen LogP contribution in [0.15, 0.2) is 30.3 Å². The van der Waals surface area contributed by atoms with Crippen LogP contribution in [-0.2, 0) is 10.7 Å². The maximum absolute atomic E-state index is 11.6. The molecule has 2 aromatic rings. The summed E-state index contributed by atoms with van der Waals surface area (Å²) in [4.78, 5) is 9.56. The zero-order chi connectivity index (χ0) is 18.1. The monoisotopic (exact) mass is 348 g/mol. The smallest absolute Gasteiger partial charge is 0.201 e. The van der Waals surface area contributed by atoms with Gasteiger partial charge < -0.3 is 14.7 Å². The lowest BCUT2D eigenvalue weighted by Gasteiger charge is -2.16. The molecule has 0 aliphatic carbocycles. The highest BCUT2D eigenvalue weighted by Crippen LogP contribution is 2.42.